The number of sulfone groups is 1. The molecule has 3 nitrogen and oxygen atoms in total. The number of hydrogen-bond donors (Lipinski definition) is 1. The molecule has 1 N–H and O–H groups in total. The first-order chi connectivity index (χ1) is 7.18. The lowest BCUT2D eigenvalue weighted by Crippen LogP contribution is -2.19. The zero-order chi connectivity index (χ0) is 12.4. The molecule has 1 aromatic rings. The first-order valence-corrected chi connectivity index (χ1v) is 7.12. The van der Waals surface area contributed by atoms with Crippen molar-refractivity contribution < 1.29 is 8.42 Å². The maximum absolute atomic E-state index is 11.4. The largest absolute Gasteiger partial charge is 0.384 e. The molecule has 0 amide bonds. The van der Waals surface area contributed by atoms with Gasteiger partial charge in [-0.1, -0.05) is 26.8 Å². The van der Waals surface area contributed by atoms with Gasteiger partial charge in [0.2, 0.25) is 0 Å². The van der Waals surface area contributed by atoms with Crippen molar-refractivity contribution >= 4 is 15.5 Å². The average molecular weight is 241 g/mol. The van der Waals surface area contributed by atoms with Crippen LogP contribution >= 0.6 is 0 Å². The molecule has 90 valence electrons. The van der Waals surface area contributed by atoms with Gasteiger partial charge in [0.15, 0.2) is 9.84 Å². The quantitative estimate of drug-likeness (QED) is 0.884. The SMILES string of the molecule is CC(C)(C)CNc1cccc(S(C)(=O)=O)c1. The Hall–Kier alpha value is -1.03. The molecule has 0 saturated heterocycles. The van der Waals surface area contributed by atoms with Crippen molar-refractivity contribution in [3.63, 3.8) is 0 Å². The van der Waals surface area contributed by atoms with Crippen LogP contribution in [0.5, 0.6) is 0 Å². The number of rotatable bonds is 3. The van der Waals surface area contributed by atoms with Crippen molar-refractivity contribution in [2.45, 2.75) is 25.7 Å². The van der Waals surface area contributed by atoms with E-state index < -0.39 is 9.84 Å². The van der Waals surface area contributed by atoms with Gasteiger partial charge in [-0.05, 0) is 23.6 Å². The molecule has 0 fully saturated rings. The Morgan fingerprint density at radius 2 is 1.88 bits per heavy atom. The maximum Gasteiger partial charge on any atom is 0.175 e. The highest BCUT2D eigenvalue weighted by molar-refractivity contribution is 7.90. The van der Waals surface area contributed by atoms with Crippen molar-refractivity contribution in [2.75, 3.05) is 18.1 Å². The fourth-order valence-electron chi connectivity index (χ4n) is 1.20. The molecule has 1 aromatic carbocycles. The van der Waals surface area contributed by atoms with E-state index in [9.17, 15) is 8.42 Å². The number of hydrogen-bond acceptors (Lipinski definition) is 3. The number of anilines is 1. The second kappa shape index (κ2) is 4.45. The van der Waals surface area contributed by atoms with E-state index in [0.717, 1.165) is 12.2 Å². The topological polar surface area (TPSA) is 46.2 Å². The molecule has 0 radical (unpaired) electrons. The number of nitrogens with one attached hydrogen (secondary N) is 1. The van der Waals surface area contributed by atoms with Crippen molar-refractivity contribution in [1.29, 1.82) is 0 Å². The smallest absolute Gasteiger partial charge is 0.175 e. The Labute approximate surface area is 97.8 Å². The van der Waals surface area contributed by atoms with Gasteiger partial charge in [-0.3, -0.25) is 0 Å². The second-order valence-electron chi connectivity index (χ2n) is 5.21. The summed E-state index contributed by atoms with van der Waals surface area (Å²) in [6.45, 7) is 7.18. The van der Waals surface area contributed by atoms with Crippen LogP contribution in [0.15, 0.2) is 29.2 Å². The summed E-state index contributed by atoms with van der Waals surface area (Å²) in [5, 5.41) is 3.23. The first kappa shape index (κ1) is 13.0. The lowest BCUT2D eigenvalue weighted by molar-refractivity contribution is 0.443. The highest BCUT2D eigenvalue weighted by Gasteiger charge is 2.11. The summed E-state index contributed by atoms with van der Waals surface area (Å²) in [6, 6.07) is 6.90. The Balaban J connectivity index is 2.84. The maximum atomic E-state index is 11.4. The van der Waals surface area contributed by atoms with E-state index in [-0.39, 0.29) is 5.41 Å². The van der Waals surface area contributed by atoms with Crippen LogP contribution in [0.4, 0.5) is 5.69 Å². The molecule has 0 atom stereocenters. The van der Waals surface area contributed by atoms with E-state index in [1.54, 1.807) is 18.2 Å². The molecule has 16 heavy (non-hydrogen) atoms. The van der Waals surface area contributed by atoms with Gasteiger partial charge in [0.25, 0.3) is 0 Å². The van der Waals surface area contributed by atoms with Crippen LogP contribution in [0.25, 0.3) is 0 Å². The van der Waals surface area contributed by atoms with Crippen LogP contribution in [-0.4, -0.2) is 21.2 Å². The van der Waals surface area contributed by atoms with Gasteiger partial charge in [-0.2, -0.15) is 0 Å². The van der Waals surface area contributed by atoms with Crippen LogP contribution in [0.2, 0.25) is 0 Å². The summed E-state index contributed by atoms with van der Waals surface area (Å²) in [7, 11) is -3.12. The summed E-state index contributed by atoms with van der Waals surface area (Å²) in [5.74, 6) is 0. The Morgan fingerprint density at radius 1 is 1.25 bits per heavy atom. The summed E-state index contributed by atoms with van der Waals surface area (Å²) >= 11 is 0. The van der Waals surface area contributed by atoms with Crippen molar-refractivity contribution in [3.05, 3.63) is 24.3 Å². The van der Waals surface area contributed by atoms with Gasteiger partial charge in [0, 0.05) is 18.5 Å². The molecule has 0 unspecified atom stereocenters. The molecular weight excluding hydrogens is 222 g/mol. The van der Waals surface area contributed by atoms with E-state index in [4.69, 9.17) is 0 Å². The number of benzene rings is 1. The van der Waals surface area contributed by atoms with Gasteiger partial charge >= 0.3 is 0 Å². The standard InChI is InChI=1S/C12H19NO2S/c1-12(2,3)9-13-10-6-5-7-11(8-10)16(4,14)15/h5-8,13H,9H2,1-4H3. The van der Waals surface area contributed by atoms with Crippen molar-refractivity contribution in [2.24, 2.45) is 5.41 Å². The van der Waals surface area contributed by atoms with Crippen LogP contribution in [-0.2, 0) is 9.84 Å². The Kier molecular flexibility index (Phi) is 3.63. The van der Waals surface area contributed by atoms with E-state index in [1.165, 1.54) is 6.26 Å². The van der Waals surface area contributed by atoms with Gasteiger partial charge in [-0.25, -0.2) is 8.42 Å². The van der Waals surface area contributed by atoms with E-state index in [0.29, 0.717) is 4.90 Å². The third-order valence-corrected chi connectivity index (χ3v) is 3.20. The zero-order valence-electron chi connectivity index (χ0n) is 10.2. The normalized spacial score (nSPS) is 12.5. The van der Waals surface area contributed by atoms with Gasteiger partial charge in [-0.15, -0.1) is 0 Å². The van der Waals surface area contributed by atoms with Gasteiger partial charge in [0.05, 0.1) is 4.90 Å². The summed E-state index contributed by atoms with van der Waals surface area (Å²) in [6.07, 6.45) is 1.22. The summed E-state index contributed by atoms with van der Waals surface area (Å²) in [5.41, 5.74) is 1.01. The Morgan fingerprint density at radius 3 is 2.38 bits per heavy atom. The molecule has 0 bridgehead atoms. The minimum Gasteiger partial charge on any atom is -0.384 e. The van der Waals surface area contributed by atoms with E-state index >= 15 is 0 Å². The zero-order valence-corrected chi connectivity index (χ0v) is 11.1. The lowest BCUT2D eigenvalue weighted by Gasteiger charge is -2.19. The third kappa shape index (κ3) is 4.23. The predicted molar refractivity (Wildman–Crippen MR) is 67.5 cm³/mol. The van der Waals surface area contributed by atoms with Crippen LogP contribution in [0.1, 0.15) is 20.8 Å². The second-order valence-corrected chi connectivity index (χ2v) is 7.23. The van der Waals surface area contributed by atoms with Crippen LogP contribution in [0, 0.1) is 5.41 Å². The molecule has 0 spiro atoms. The van der Waals surface area contributed by atoms with E-state index in [2.05, 4.69) is 26.1 Å². The minimum atomic E-state index is -3.12. The molecule has 0 aliphatic carbocycles. The molecule has 0 aromatic heterocycles. The molecule has 0 aliphatic rings. The fraction of sp³-hybridized carbons (Fsp3) is 0.500. The monoisotopic (exact) mass is 241 g/mol. The highest BCUT2D eigenvalue weighted by atomic mass is 32.2. The first-order valence-electron chi connectivity index (χ1n) is 5.22. The van der Waals surface area contributed by atoms with E-state index in [1.807, 2.05) is 6.07 Å². The van der Waals surface area contributed by atoms with Crippen molar-refractivity contribution in [1.82, 2.24) is 0 Å². The van der Waals surface area contributed by atoms with Crippen LogP contribution in [0.3, 0.4) is 0 Å². The van der Waals surface area contributed by atoms with Crippen molar-refractivity contribution in [3.8, 4) is 0 Å². The highest BCUT2D eigenvalue weighted by Crippen LogP contribution is 2.18. The minimum absolute atomic E-state index is 0.168. The molecule has 4 heteroatoms. The summed E-state index contributed by atoms with van der Waals surface area (Å²) < 4.78 is 22.7. The average Bonchev–Trinajstić information content (AvgIpc) is 2.13. The molecular formula is C12H19NO2S. The van der Waals surface area contributed by atoms with Crippen LogP contribution < -0.4 is 5.32 Å². The van der Waals surface area contributed by atoms with Gasteiger partial charge in [0.1, 0.15) is 0 Å². The lowest BCUT2D eigenvalue weighted by atomic mass is 9.97. The predicted octanol–water partition coefficient (Wildman–Crippen LogP) is 2.55. The molecule has 0 heterocycles. The third-order valence-electron chi connectivity index (χ3n) is 2.09. The summed E-state index contributed by atoms with van der Waals surface area (Å²) in [4.78, 5) is 0.353. The molecule has 0 aliphatic heterocycles. The fourth-order valence-corrected chi connectivity index (χ4v) is 1.87. The van der Waals surface area contributed by atoms with Gasteiger partial charge < -0.3 is 5.32 Å². The Bertz CT molecular complexity index is 458. The molecule has 1 rings (SSSR count). The molecule has 0 saturated carbocycles.